The SMILES string of the molecule is COc1ccc(OC)c([C@H]2[C@H]3CCCC[C@@]3(O)CC[NH+]2CC(=O)Nc2ccccc2)c1. The molecule has 0 spiro atoms. The Labute approximate surface area is 184 Å². The number of rotatable bonds is 6. The third-order valence-corrected chi connectivity index (χ3v) is 7.00. The van der Waals surface area contributed by atoms with Crippen molar-refractivity contribution in [2.45, 2.75) is 43.7 Å². The number of amides is 1. The van der Waals surface area contributed by atoms with Gasteiger partial charge in [-0.1, -0.05) is 31.0 Å². The van der Waals surface area contributed by atoms with E-state index in [0.29, 0.717) is 13.0 Å². The average Bonchev–Trinajstić information content (AvgIpc) is 2.79. The van der Waals surface area contributed by atoms with Gasteiger partial charge in [0.05, 0.1) is 31.9 Å². The van der Waals surface area contributed by atoms with E-state index >= 15 is 0 Å². The second-order valence-corrected chi connectivity index (χ2v) is 8.79. The van der Waals surface area contributed by atoms with E-state index in [9.17, 15) is 9.90 Å². The molecule has 1 aliphatic carbocycles. The number of quaternary nitrogens is 1. The molecule has 0 bridgehead atoms. The van der Waals surface area contributed by atoms with Crippen LogP contribution in [0.3, 0.4) is 0 Å². The molecule has 2 aromatic carbocycles. The fourth-order valence-corrected chi connectivity index (χ4v) is 5.50. The number of fused-ring (bicyclic) bond motifs is 1. The minimum Gasteiger partial charge on any atom is -0.497 e. The van der Waals surface area contributed by atoms with E-state index in [4.69, 9.17) is 9.47 Å². The van der Waals surface area contributed by atoms with Crippen LogP contribution < -0.4 is 19.7 Å². The molecular weight excluding hydrogens is 392 g/mol. The fraction of sp³-hybridized carbons (Fsp3) is 0.480. The van der Waals surface area contributed by atoms with Gasteiger partial charge in [-0.15, -0.1) is 0 Å². The quantitative estimate of drug-likeness (QED) is 0.665. The van der Waals surface area contributed by atoms with E-state index in [0.717, 1.165) is 59.9 Å². The molecule has 0 radical (unpaired) electrons. The number of likely N-dealkylation sites (tertiary alicyclic amines) is 1. The Morgan fingerprint density at radius 1 is 1.13 bits per heavy atom. The smallest absolute Gasteiger partial charge is 0.279 e. The molecule has 1 saturated carbocycles. The predicted octanol–water partition coefficient (Wildman–Crippen LogP) is 2.59. The summed E-state index contributed by atoms with van der Waals surface area (Å²) in [7, 11) is 3.32. The number of piperidine rings is 1. The van der Waals surface area contributed by atoms with Crippen LogP contribution in [0.2, 0.25) is 0 Å². The molecule has 6 heteroatoms. The third kappa shape index (κ3) is 4.55. The molecule has 166 valence electrons. The van der Waals surface area contributed by atoms with Crippen LogP contribution in [0.5, 0.6) is 11.5 Å². The fourth-order valence-electron chi connectivity index (χ4n) is 5.50. The standard InChI is InChI=1S/C25H32N2O4/c1-30-19-11-12-22(31-2)20(16-19)24-21-10-6-7-13-25(21,29)14-15-27(24)17-23(28)26-18-8-4-3-5-9-18/h3-5,8-9,11-12,16,21,24,29H,6-7,10,13-15,17H2,1-2H3,(H,26,28)/p+1/t21-,24+,25-/m1/s1. The summed E-state index contributed by atoms with van der Waals surface area (Å²) in [6.07, 6.45) is 4.64. The molecule has 3 N–H and O–H groups in total. The molecule has 31 heavy (non-hydrogen) atoms. The predicted molar refractivity (Wildman–Crippen MR) is 120 cm³/mol. The summed E-state index contributed by atoms with van der Waals surface area (Å²) in [5.74, 6) is 1.60. The number of carbonyl (C=O) groups excluding carboxylic acids is 1. The molecule has 1 unspecified atom stereocenters. The summed E-state index contributed by atoms with van der Waals surface area (Å²) in [5, 5.41) is 14.5. The highest BCUT2D eigenvalue weighted by Gasteiger charge is 2.52. The first-order chi connectivity index (χ1) is 15.0. The highest BCUT2D eigenvalue weighted by atomic mass is 16.5. The number of nitrogens with one attached hydrogen (secondary N) is 2. The van der Waals surface area contributed by atoms with E-state index in [1.165, 1.54) is 0 Å². The zero-order valence-electron chi connectivity index (χ0n) is 18.4. The van der Waals surface area contributed by atoms with Crippen LogP contribution in [0, 0.1) is 5.92 Å². The van der Waals surface area contributed by atoms with Crippen LogP contribution in [0.25, 0.3) is 0 Å². The van der Waals surface area contributed by atoms with Gasteiger partial charge in [0.15, 0.2) is 6.54 Å². The monoisotopic (exact) mass is 425 g/mol. The van der Waals surface area contributed by atoms with E-state index in [1.54, 1.807) is 14.2 Å². The number of benzene rings is 2. The Hall–Kier alpha value is -2.57. The Balaban J connectivity index is 1.66. The van der Waals surface area contributed by atoms with Crippen LogP contribution in [0.15, 0.2) is 48.5 Å². The van der Waals surface area contributed by atoms with Gasteiger partial charge < -0.3 is 24.8 Å². The van der Waals surface area contributed by atoms with Crippen molar-refractivity contribution < 1.29 is 24.3 Å². The van der Waals surface area contributed by atoms with Gasteiger partial charge >= 0.3 is 0 Å². The zero-order valence-corrected chi connectivity index (χ0v) is 18.4. The molecule has 1 amide bonds. The highest BCUT2D eigenvalue weighted by Crippen LogP contribution is 2.46. The van der Waals surface area contributed by atoms with Crippen molar-refractivity contribution in [1.82, 2.24) is 0 Å². The Bertz CT molecular complexity index is 904. The maximum atomic E-state index is 12.9. The summed E-state index contributed by atoms with van der Waals surface area (Å²) < 4.78 is 11.2. The van der Waals surface area contributed by atoms with Crippen molar-refractivity contribution in [2.75, 3.05) is 32.6 Å². The lowest BCUT2D eigenvalue weighted by Gasteiger charge is -2.50. The van der Waals surface area contributed by atoms with Crippen LogP contribution >= 0.6 is 0 Å². The Morgan fingerprint density at radius 2 is 1.94 bits per heavy atom. The minimum atomic E-state index is -0.684. The minimum absolute atomic E-state index is 0.0192. The maximum Gasteiger partial charge on any atom is 0.279 e. The topological polar surface area (TPSA) is 72.2 Å². The summed E-state index contributed by atoms with van der Waals surface area (Å²) in [6, 6.07) is 15.3. The highest BCUT2D eigenvalue weighted by molar-refractivity contribution is 5.91. The number of anilines is 1. The van der Waals surface area contributed by atoms with Gasteiger partial charge in [-0.3, -0.25) is 4.79 Å². The summed E-state index contributed by atoms with van der Waals surface area (Å²) >= 11 is 0. The van der Waals surface area contributed by atoms with Gasteiger partial charge in [0, 0.05) is 18.0 Å². The first-order valence-corrected chi connectivity index (χ1v) is 11.2. The summed E-state index contributed by atoms with van der Waals surface area (Å²) in [5.41, 5.74) is 1.12. The number of para-hydroxylation sites is 1. The van der Waals surface area contributed by atoms with Gasteiger partial charge in [0.25, 0.3) is 5.91 Å². The molecule has 4 atom stereocenters. The van der Waals surface area contributed by atoms with Crippen LogP contribution in [0.1, 0.15) is 43.7 Å². The molecular formula is C25H33N2O4+. The second-order valence-electron chi connectivity index (χ2n) is 8.79. The van der Waals surface area contributed by atoms with Crippen molar-refractivity contribution >= 4 is 11.6 Å². The number of aliphatic hydroxyl groups is 1. The molecule has 1 saturated heterocycles. The lowest BCUT2D eigenvalue weighted by molar-refractivity contribution is -0.937. The van der Waals surface area contributed by atoms with Gasteiger partial charge in [-0.2, -0.15) is 0 Å². The van der Waals surface area contributed by atoms with E-state index in [-0.39, 0.29) is 17.9 Å². The second kappa shape index (κ2) is 9.28. The molecule has 2 aliphatic rings. The third-order valence-electron chi connectivity index (χ3n) is 7.00. The lowest BCUT2D eigenvalue weighted by atomic mass is 9.66. The first kappa shape index (κ1) is 21.7. The number of carbonyl (C=O) groups is 1. The van der Waals surface area contributed by atoms with Gasteiger partial charge in [0.2, 0.25) is 0 Å². The summed E-state index contributed by atoms with van der Waals surface area (Å²) in [4.78, 5) is 14.1. The van der Waals surface area contributed by atoms with Crippen molar-refractivity contribution in [3.8, 4) is 11.5 Å². The van der Waals surface area contributed by atoms with Gasteiger partial charge in [0.1, 0.15) is 17.5 Å². The Kier molecular flexibility index (Phi) is 6.49. The van der Waals surface area contributed by atoms with Crippen molar-refractivity contribution in [1.29, 1.82) is 0 Å². The van der Waals surface area contributed by atoms with Crippen LogP contribution in [0.4, 0.5) is 5.69 Å². The molecule has 2 aromatic rings. The average molecular weight is 426 g/mol. The normalized spacial score (nSPS) is 27.8. The molecule has 2 fully saturated rings. The number of methoxy groups -OCH3 is 2. The first-order valence-electron chi connectivity index (χ1n) is 11.2. The lowest BCUT2D eigenvalue weighted by Crippen LogP contribution is -3.16. The van der Waals surface area contributed by atoms with Crippen LogP contribution in [-0.2, 0) is 4.79 Å². The largest absolute Gasteiger partial charge is 0.497 e. The molecule has 0 aromatic heterocycles. The Morgan fingerprint density at radius 3 is 2.68 bits per heavy atom. The van der Waals surface area contributed by atoms with Crippen molar-refractivity contribution in [3.05, 3.63) is 54.1 Å². The van der Waals surface area contributed by atoms with Crippen molar-refractivity contribution in [3.63, 3.8) is 0 Å². The molecule has 1 heterocycles. The zero-order chi connectivity index (χ0) is 21.8. The summed E-state index contributed by atoms with van der Waals surface area (Å²) in [6.45, 7) is 1.08. The molecule has 1 aliphatic heterocycles. The van der Waals surface area contributed by atoms with Gasteiger partial charge in [-0.25, -0.2) is 0 Å². The number of ether oxygens (including phenoxy) is 2. The maximum absolute atomic E-state index is 12.9. The van der Waals surface area contributed by atoms with Crippen LogP contribution in [-0.4, -0.2) is 43.9 Å². The van der Waals surface area contributed by atoms with Gasteiger partial charge in [-0.05, 0) is 43.2 Å². The molecule has 6 nitrogen and oxygen atoms in total. The number of hydrogen-bond donors (Lipinski definition) is 3. The molecule has 4 rings (SSSR count). The van der Waals surface area contributed by atoms with E-state index < -0.39 is 5.60 Å². The number of hydrogen-bond acceptors (Lipinski definition) is 4. The van der Waals surface area contributed by atoms with E-state index in [1.807, 2.05) is 48.5 Å². The van der Waals surface area contributed by atoms with Crippen molar-refractivity contribution in [2.24, 2.45) is 5.92 Å². The van der Waals surface area contributed by atoms with E-state index in [2.05, 4.69) is 5.32 Å².